The van der Waals surface area contributed by atoms with Crippen molar-refractivity contribution in [2.75, 3.05) is 32.0 Å². The summed E-state index contributed by atoms with van der Waals surface area (Å²) in [6, 6.07) is 8.13. The smallest absolute Gasteiger partial charge is 0.253 e. The topological polar surface area (TPSA) is 84.2 Å². The maximum atomic E-state index is 12.8. The van der Waals surface area contributed by atoms with Crippen molar-refractivity contribution in [1.82, 2.24) is 15.1 Å². The Morgan fingerprint density at radius 2 is 1.92 bits per heavy atom. The highest BCUT2D eigenvalue weighted by atomic mass is 16.5. The number of rotatable bonds is 3. The lowest BCUT2D eigenvalue weighted by atomic mass is 9.91. The monoisotopic (exact) mass is 340 g/mol. The average Bonchev–Trinajstić information content (AvgIpc) is 3.31. The molecule has 1 atom stereocenters. The molecule has 2 aromatic rings. The SMILES string of the molecule is Nc1cn[nH]c1C1CCN(C(=O)c2ccc(C3CCOCC3)cc2)C1. The molecule has 3 N–H and O–H groups in total. The zero-order chi connectivity index (χ0) is 17.2. The van der Waals surface area contributed by atoms with E-state index in [2.05, 4.69) is 22.3 Å². The number of benzene rings is 1. The zero-order valence-corrected chi connectivity index (χ0v) is 14.3. The van der Waals surface area contributed by atoms with E-state index in [0.29, 0.717) is 18.2 Å². The van der Waals surface area contributed by atoms with Gasteiger partial charge in [0.2, 0.25) is 0 Å². The van der Waals surface area contributed by atoms with Gasteiger partial charge in [-0.3, -0.25) is 9.89 Å². The van der Waals surface area contributed by atoms with Crippen molar-refractivity contribution in [2.45, 2.75) is 31.1 Å². The molecule has 1 aromatic carbocycles. The summed E-state index contributed by atoms with van der Waals surface area (Å²) in [6.45, 7) is 3.10. The number of nitrogen functional groups attached to an aromatic ring is 1. The van der Waals surface area contributed by atoms with Crippen LogP contribution in [0.5, 0.6) is 0 Å². The van der Waals surface area contributed by atoms with Gasteiger partial charge in [-0.05, 0) is 42.9 Å². The van der Waals surface area contributed by atoms with Crippen LogP contribution in [0.25, 0.3) is 0 Å². The van der Waals surface area contributed by atoms with E-state index < -0.39 is 0 Å². The zero-order valence-electron chi connectivity index (χ0n) is 14.3. The summed E-state index contributed by atoms with van der Waals surface area (Å²) < 4.78 is 5.42. The van der Waals surface area contributed by atoms with E-state index in [-0.39, 0.29) is 11.8 Å². The molecule has 0 radical (unpaired) electrons. The number of carbonyl (C=O) groups excluding carboxylic acids is 1. The second-order valence-electron chi connectivity index (χ2n) is 6.98. The number of likely N-dealkylation sites (tertiary alicyclic amines) is 1. The van der Waals surface area contributed by atoms with Gasteiger partial charge in [0.05, 0.1) is 17.6 Å². The fraction of sp³-hybridized carbons (Fsp3) is 0.474. The van der Waals surface area contributed by atoms with Crippen LogP contribution in [0.1, 0.15) is 52.7 Å². The number of ether oxygens (including phenoxy) is 1. The Bertz CT molecular complexity index is 734. The molecule has 1 amide bonds. The summed E-state index contributed by atoms with van der Waals surface area (Å²) in [5, 5.41) is 6.95. The van der Waals surface area contributed by atoms with E-state index in [1.165, 1.54) is 5.56 Å². The first-order valence-electron chi connectivity index (χ1n) is 8.98. The number of nitrogens with two attached hydrogens (primary N) is 1. The number of amides is 1. The Morgan fingerprint density at radius 3 is 2.60 bits per heavy atom. The van der Waals surface area contributed by atoms with E-state index in [0.717, 1.165) is 50.3 Å². The Kier molecular flexibility index (Phi) is 4.44. The van der Waals surface area contributed by atoms with Crippen LogP contribution < -0.4 is 5.73 Å². The molecule has 2 aliphatic heterocycles. The molecule has 25 heavy (non-hydrogen) atoms. The summed E-state index contributed by atoms with van der Waals surface area (Å²) in [5.41, 5.74) is 9.63. The number of nitrogens with one attached hydrogen (secondary N) is 1. The Morgan fingerprint density at radius 1 is 1.16 bits per heavy atom. The third kappa shape index (κ3) is 3.26. The molecule has 2 saturated heterocycles. The lowest BCUT2D eigenvalue weighted by Crippen LogP contribution is -2.28. The molecule has 0 aliphatic carbocycles. The fourth-order valence-corrected chi connectivity index (χ4v) is 3.92. The molecule has 6 heteroatoms. The number of hydrogen-bond acceptors (Lipinski definition) is 4. The fourth-order valence-electron chi connectivity index (χ4n) is 3.92. The molecule has 2 fully saturated rings. The highest BCUT2D eigenvalue weighted by Crippen LogP contribution is 2.31. The van der Waals surface area contributed by atoms with Gasteiger partial charge in [0, 0.05) is 37.8 Å². The first-order chi connectivity index (χ1) is 12.2. The molecule has 0 spiro atoms. The molecular weight excluding hydrogens is 316 g/mol. The quantitative estimate of drug-likeness (QED) is 0.899. The number of carbonyl (C=O) groups is 1. The molecular formula is C19H24N4O2. The van der Waals surface area contributed by atoms with Gasteiger partial charge in [0.1, 0.15) is 0 Å². The van der Waals surface area contributed by atoms with Crippen LogP contribution in [0.2, 0.25) is 0 Å². The van der Waals surface area contributed by atoms with E-state index in [9.17, 15) is 4.79 Å². The van der Waals surface area contributed by atoms with Gasteiger partial charge in [-0.1, -0.05) is 12.1 Å². The number of anilines is 1. The van der Waals surface area contributed by atoms with Gasteiger partial charge in [-0.15, -0.1) is 0 Å². The van der Waals surface area contributed by atoms with Gasteiger partial charge >= 0.3 is 0 Å². The van der Waals surface area contributed by atoms with Gasteiger partial charge in [-0.25, -0.2) is 0 Å². The number of aromatic amines is 1. The van der Waals surface area contributed by atoms with E-state index in [1.54, 1.807) is 6.20 Å². The minimum atomic E-state index is 0.0964. The van der Waals surface area contributed by atoms with E-state index in [4.69, 9.17) is 10.5 Å². The van der Waals surface area contributed by atoms with Crippen LogP contribution in [-0.2, 0) is 4.74 Å². The Hall–Kier alpha value is -2.34. The molecule has 0 bridgehead atoms. The maximum Gasteiger partial charge on any atom is 0.253 e. The molecule has 0 saturated carbocycles. The van der Waals surface area contributed by atoms with Crippen LogP contribution >= 0.6 is 0 Å². The van der Waals surface area contributed by atoms with Crippen LogP contribution in [-0.4, -0.2) is 47.3 Å². The summed E-state index contributed by atoms with van der Waals surface area (Å²) in [7, 11) is 0. The lowest BCUT2D eigenvalue weighted by Gasteiger charge is -2.23. The van der Waals surface area contributed by atoms with Crippen LogP contribution in [0, 0.1) is 0 Å². The molecule has 6 nitrogen and oxygen atoms in total. The molecule has 2 aliphatic rings. The first-order valence-corrected chi connectivity index (χ1v) is 8.98. The van der Waals surface area contributed by atoms with Crippen molar-refractivity contribution in [2.24, 2.45) is 0 Å². The number of aromatic nitrogens is 2. The van der Waals surface area contributed by atoms with Gasteiger partial charge in [0.15, 0.2) is 0 Å². The normalized spacial score (nSPS) is 21.6. The lowest BCUT2D eigenvalue weighted by molar-refractivity contribution is 0.0789. The average molecular weight is 340 g/mol. The van der Waals surface area contributed by atoms with Crippen molar-refractivity contribution < 1.29 is 9.53 Å². The minimum absolute atomic E-state index is 0.0964. The van der Waals surface area contributed by atoms with Gasteiger partial charge < -0.3 is 15.4 Å². The highest BCUT2D eigenvalue weighted by molar-refractivity contribution is 5.94. The minimum Gasteiger partial charge on any atom is -0.396 e. The molecule has 3 heterocycles. The highest BCUT2D eigenvalue weighted by Gasteiger charge is 2.30. The van der Waals surface area contributed by atoms with Crippen molar-refractivity contribution in [1.29, 1.82) is 0 Å². The van der Waals surface area contributed by atoms with Crippen molar-refractivity contribution in [3.05, 3.63) is 47.3 Å². The van der Waals surface area contributed by atoms with Crippen molar-refractivity contribution in [3.63, 3.8) is 0 Å². The third-order valence-electron chi connectivity index (χ3n) is 5.43. The Labute approximate surface area is 147 Å². The summed E-state index contributed by atoms with van der Waals surface area (Å²) in [6.07, 6.45) is 4.67. The number of nitrogens with zero attached hydrogens (tertiary/aromatic N) is 2. The standard InChI is InChI=1S/C19H24N4O2/c20-17-11-21-22-18(17)16-5-8-23(12-16)19(24)15-3-1-13(2-4-15)14-6-9-25-10-7-14/h1-4,11,14,16H,5-10,12,20H2,(H,21,22). The van der Waals surface area contributed by atoms with E-state index in [1.807, 2.05) is 17.0 Å². The van der Waals surface area contributed by atoms with Crippen LogP contribution in [0.3, 0.4) is 0 Å². The van der Waals surface area contributed by atoms with Crippen molar-refractivity contribution in [3.8, 4) is 0 Å². The van der Waals surface area contributed by atoms with Crippen LogP contribution in [0.4, 0.5) is 5.69 Å². The third-order valence-corrected chi connectivity index (χ3v) is 5.43. The first kappa shape index (κ1) is 16.1. The Balaban J connectivity index is 1.42. The molecule has 1 aromatic heterocycles. The maximum absolute atomic E-state index is 12.8. The summed E-state index contributed by atoms with van der Waals surface area (Å²) in [4.78, 5) is 14.7. The summed E-state index contributed by atoms with van der Waals surface area (Å²) in [5.74, 6) is 0.893. The number of hydrogen-bond donors (Lipinski definition) is 2. The number of H-pyrrole nitrogens is 1. The van der Waals surface area contributed by atoms with E-state index >= 15 is 0 Å². The summed E-state index contributed by atoms with van der Waals surface area (Å²) >= 11 is 0. The van der Waals surface area contributed by atoms with Crippen LogP contribution in [0.15, 0.2) is 30.5 Å². The predicted molar refractivity (Wildman–Crippen MR) is 95.5 cm³/mol. The molecule has 4 rings (SSSR count). The molecule has 132 valence electrons. The molecule has 1 unspecified atom stereocenters. The second kappa shape index (κ2) is 6.88. The van der Waals surface area contributed by atoms with Gasteiger partial charge in [0.25, 0.3) is 5.91 Å². The van der Waals surface area contributed by atoms with Crippen molar-refractivity contribution >= 4 is 11.6 Å². The largest absolute Gasteiger partial charge is 0.396 e. The predicted octanol–water partition coefficient (Wildman–Crippen LogP) is 2.52. The van der Waals surface area contributed by atoms with Gasteiger partial charge in [-0.2, -0.15) is 5.10 Å². The second-order valence-corrected chi connectivity index (χ2v) is 6.98.